The molecule has 3 aliphatic rings. The first kappa shape index (κ1) is 37.1. The molecule has 3 N–H and O–H groups in total. The molecule has 0 bridgehead atoms. The van der Waals surface area contributed by atoms with E-state index in [1.54, 1.807) is 29.3 Å². The number of piperidine rings is 1. The summed E-state index contributed by atoms with van der Waals surface area (Å²) in [5.41, 5.74) is 5.57. The molecule has 12 nitrogen and oxygen atoms in total. The van der Waals surface area contributed by atoms with Crippen LogP contribution in [0, 0.1) is 24.6 Å². The fourth-order valence-corrected chi connectivity index (χ4v) is 8.35. The Bertz CT molecular complexity index is 2440. The molecule has 6 heterocycles. The van der Waals surface area contributed by atoms with Crippen molar-refractivity contribution in [1.29, 1.82) is 0 Å². The van der Waals surface area contributed by atoms with Gasteiger partial charge < -0.3 is 15.2 Å². The molecule has 0 aliphatic carbocycles. The Kier molecular flexibility index (Phi) is 10.4. The highest BCUT2D eigenvalue weighted by Crippen LogP contribution is 2.33. The third-order valence-corrected chi connectivity index (χ3v) is 11.4. The SMILES string of the molecule is Cc1nn(CCCCCCCC#Cc2cccc3c2CN(C2CCC(=O)NC2=O)C3=O)c2cc(C(=O)Nc3cc4[nH]c([C@H]5CCCN5C)cc4cn3)c(F)cc12. The number of imide groups is 1. The number of H-pyrrole nitrogens is 1. The van der Waals surface area contributed by atoms with Gasteiger partial charge in [-0.2, -0.15) is 5.10 Å². The summed E-state index contributed by atoms with van der Waals surface area (Å²) in [6.07, 6.45) is 10.1. The van der Waals surface area contributed by atoms with Crippen molar-refractivity contribution in [2.24, 2.45) is 0 Å². The number of anilines is 1. The number of likely N-dealkylation sites (tertiary alicyclic amines) is 1. The molecule has 4 amide bonds. The lowest BCUT2D eigenvalue weighted by Gasteiger charge is -2.29. The average Bonchev–Trinajstić information content (AvgIpc) is 3.95. The highest BCUT2D eigenvalue weighted by Gasteiger charge is 2.39. The molecule has 13 heteroatoms. The molecule has 8 rings (SSSR count). The third-order valence-electron chi connectivity index (χ3n) is 11.4. The first-order valence-electron chi connectivity index (χ1n) is 19.6. The number of pyridine rings is 1. The van der Waals surface area contributed by atoms with Crippen molar-refractivity contribution < 1.29 is 23.6 Å². The largest absolute Gasteiger partial charge is 0.357 e. The number of fused-ring (bicyclic) bond motifs is 3. The molecular weight excluding hydrogens is 712 g/mol. The summed E-state index contributed by atoms with van der Waals surface area (Å²) in [5.74, 6) is 4.76. The number of halogens is 1. The van der Waals surface area contributed by atoms with Crippen molar-refractivity contribution in [1.82, 2.24) is 34.9 Å². The van der Waals surface area contributed by atoms with Gasteiger partial charge in [0.25, 0.3) is 11.8 Å². The molecule has 0 radical (unpaired) electrons. The molecule has 0 spiro atoms. The highest BCUT2D eigenvalue weighted by molar-refractivity contribution is 6.07. The molecule has 5 aromatic rings. The fraction of sp³-hybridized carbons (Fsp3) is 0.395. The van der Waals surface area contributed by atoms with Crippen LogP contribution in [0.15, 0.2) is 48.7 Å². The van der Waals surface area contributed by atoms with Gasteiger partial charge in [0.05, 0.1) is 22.3 Å². The first-order chi connectivity index (χ1) is 27.1. The molecule has 0 saturated carbocycles. The topological polar surface area (TPSA) is 145 Å². The normalized spacial score (nSPS) is 18.4. The molecule has 2 saturated heterocycles. The fourth-order valence-electron chi connectivity index (χ4n) is 8.35. The van der Waals surface area contributed by atoms with Crippen LogP contribution < -0.4 is 10.6 Å². The van der Waals surface area contributed by atoms with Gasteiger partial charge in [0.15, 0.2) is 0 Å². The number of hydrogen-bond donors (Lipinski definition) is 3. The van der Waals surface area contributed by atoms with E-state index in [2.05, 4.69) is 55.6 Å². The van der Waals surface area contributed by atoms with Crippen LogP contribution in [0.3, 0.4) is 0 Å². The van der Waals surface area contributed by atoms with Crippen molar-refractivity contribution in [2.45, 2.75) is 96.3 Å². The highest BCUT2D eigenvalue weighted by atomic mass is 19.1. The van der Waals surface area contributed by atoms with Crippen molar-refractivity contribution in [2.75, 3.05) is 18.9 Å². The summed E-state index contributed by atoms with van der Waals surface area (Å²) in [7, 11) is 2.12. The second-order valence-electron chi connectivity index (χ2n) is 15.2. The van der Waals surface area contributed by atoms with E-state index in [9.17, 15) is 19.2 Å². The van der Waals surface area contributed by atoms with E-state index in [-0.39, 0.29) is 23.8 Å². The predicted octanol–water partition coefficient (Wildman–Crippen LogP) is 6.53. The zero-order valence-electron chi connectivity index (χ0n) is 31.7. The maximum Gasteiger partial charge on any atom is 0.259 e. The number of carbonyl (C=O) groups excluding carboxylic acids is 4. The maximum atomic E-state index is 15.3. The van der Waals surface area contributed by atoms with Crippen LogP contribution in [0.5, 0.6) is 0 Å². The van der Waals surface area contributed by atoms with Crippen molar-refractivity contribution in [3.05, 3.63) is 88.1 Å². The molecule has 1 unspecified atom stereocenters. The van der Waals surface area contributed by atoms with E-state index in [4.69, 9.17) is 0 Å². The molecule has 56 heavy (non-hydrogen) atoms. The third kappa shape index (κ3) is 7.41. The van der Waals surface area contributed by atoms with Gasteiger partial charge in [0.1, 0.15) is 17.7 Å². The van der Waals surface area contributed by atoms with E-state index >= 15 is 4.39 Å². The van der Waals surface area contributed by atoms with Gasteiger partial charge in [-0.3, -0.25) is 34.1 Å². The Morgan fingerprint density at radius 1 is 1.04 bits per heavy atom. The number of amides is 4. The lowest BCUT2D eigenvalue weighted by atomic mass is 10.0. The number of aromatic nitrogens is 4. The molecule has 2 fully saturated rings. The monoisotopic (exact) mass is 756 g/mol. The first-order valence-corrected chi connectivity index (χ1v) is 19.6. The molecule has 288 valence electrons. The molecule has 3 aromatic heterocycles. The van der Waals surface area contributed by atoms with E-state index in [1.807, 2.05) is 23.7 Å². The standard InChI is InChI=1S/C43H45FN8O4/c1-26-30-21-33(44)31(41(54)47-39-23-34-28(24-45-39)20-35(46-34)36-15-11-18-50(36)2)22-38(30)52(49-26)19-9-7-5-3-4-6-8-12-27-13-10-14-29-32(27)25-51(43(29)56)37-16-17-40(53)48-42(37)55/h10,13-14,20-24,36-37,46H,3-7,9,11,15-19,25H2,1-2H3,(H,45,47,54)(H,48,53,55)/t36-,37?/m1/s1. The lowest BCUT2D eigenvalue weighted by Crippen LogP contribution is -2.52. The van der Waals surface area contributed by atoms with Crippen molar-refractivity contribution in [3.8, 4) is 11.8 Å². The van der Waals surface area contributed by atoms with Gasteiger partial charge in [0.2, 0.25) is 11.8 Å². The van der Waals surface area contributed by atoms with Gasteiger partial charge in [-0.15, -0.1) is 0 Å². The maximum absolute atomic E-state index is 15.3. The summed E-state index contributed by atoms with van der Waals surface area (Å²) < 4.78 is 17.2. The number of hydrogen-bond acceptors (Lipinski definition) is 7. The minimum Gasteiger partial charge on any atom is -0.357 e. The van der Waals surface area contributed by atoms with E-state index in [0.29, 0.717) is 48.0 Å². The molecule has 3 aliphatic heterocycles. The van der Waals surface area contributed by atoms with E-state index in [0.717, 1.165) is 91.2 Å². The van der Waals surface area contributed by atoms with Crippen LogP contribution in [-0.2, 0) is 22.7 Å². The van der Waals surface area contributed by atoms with Gasteiger partial charge in [-0.25, -0.2) is 9.37 Å². The minimum atomic E-state index is -0.649. The van der Waals surface area contributed by atoms with Gasteiger partial charge >= 0.3 is 0 Å². The second-order valence-corrected chi connectivity index (χ2v) is 15.2. The number of nitrogens with zero attached hydrogens (tertiary/aromatic N) is 5. The summed E-state index contributed by atoms with van der Waals surface area (Å²) in [5, 5.41) is 11.5. The van der Waals surface area contributed by atoms with Crippen LogP contribution in [0.2, 0.25) is 0 Å². The number of aryl methyl sites for hydroxylation is 2. The van der Waals surface area contributed by atoms with E-state index in [1.165, 1.54) is 6.07 Å². The zero-order valence-corrected chi connectivity index (χ0v) is 31.7. The lowest BCUT2D eigenvalue weighted by molar-refractivity contribution is -0.136. The molecule has 2 atom stereocenters. The minimum absolute atomic E-state index is 0.0555. The Hall–Kier alpha value is -5.87. The molecule has 2 aromatic carbocycles. The summed E-state index contributed by atoms with van der Waals surface area (Å²) >= 11 is 0. The average molecular weight is 757 g/mol. The van der Waals surface area contributed by atoms with Gasteiger partial charge in [-0.05, 0) is 88.5 Å². The van der Waals surface area contributed by atoms with Crippen LogP contribution in [0.1, 0.15) is 113 Å². The summed E-state index contributed by atoms with van der Waals surface area (Å²) in [6, 6.07) is 12.1. The summed E-state index contributed by atoms with van der Waals surface area (Å²) in [4.78, 5) is 62.2. The van der Waals surface area contributed by atoms with Crippen molar-refractivity contribution >= 4 is 51.3 Å². The smallest absolute Gasteiger partial charge is 0.259 e. The van der Waals surface area contributed by atoms with Crippen molar-refractivity contribution in [3.63, 3.8) is 0 Å². The van der Waals surface area contributed by atoms with Crippen LogP contribution in [-0.4, -0.2) is 72.8 Å². The van der Waals surface area contributed by atoms with Gasteiger partial charge in [-0.1, -0.05) is 37.2 Å². The number of nitrogens with one attached hydrogen (secondary N) is 3. The number of benzene rings is 2. The second kappa shape index (κ2) is 15.7. The Labute approximate surface area is 324 Å². The van der Waals surface area contributed by atoms with E-state index < -0.39 is 23.7 Å². The number of carbonyl (C=O) groups is 4. The predicted molar refractivity (Wildman–Crippen MR) is 210 cm³/mol. The quantitative estimate of drug-likeness (QED) is 0.0790. The number of unbranched alkanes of at least 4 members (excludes halogenated alkanes) is 5. The van der Waals surface area contributed by atoms with Gasteiger partial charge in [0, 0.05) is 71.8 Å². The van der Waals surface area contributed by atoms with Crippen LogP contribution >= 0.6 is 0 Å². The van der Waals surface area contributed by atoms with Crippen LogP contribution in [0.4, 0.5) is 10.2 Å². The Morgan fingerprint density at radius 3 is 2.70 bits per heavy atom. The zero-order chi connectivity index (χ0) is 38.9. The number of aromatic amines is 1. The Balaban J connectivity index is 0.823. The number of rotatable bonds is 11. The summed E-state index contributed by atoms with van der Waals surface area (Å²) in [6.45, 7) is 3.87. The molecular formula is C43H45FN8O4. The Morgan fingerprint density at radius 2 is 1.88 bits per heavy atom. The van der Waals surface area contributed by atoms with Crippen LogP contribution in [0.25, 0.3) is 21.8 Å².